The zero-order valence-corrected chi connectivity index (χ0v) is 11.1. The van der Waals surface area contributed by atoms with Crippen molar-refractivity contribution >= 4 is 18.3 Å². The number of nitrogens with one attached hydrogen (secondary N) is 1. The fourth-order valence-electron chi connectivity index (χ4n) is 1.66. The molecule has 2 heterocycles. The fourth-order valence-corrected chi connectivity index (χ4v) is 1.66. The highest BCUT2D eigenvalue weighted by Gasteiger charge is 2.11. The average molecular weight is 277 g/mol. The van der Waals surface area contributed by atoms with Gasteiger partial charge in [0.1, 0.15) is 11.5 Å². The Bertz CT molecular complexity index is 607. The second-order valence-corrected chi connectivity index (χ2v) is 3.82. The first-order valence-electron chi connectivity index (χ1n) is 5.60. The minimum atomic E-state index is -0.391. The summed E-state index contributed by atoms with van der Waals surface area (Å²) in [5, 5.41) is 6.89. The topological polar surface area (TPSA) is 118 Å². The van der Waals surface area contributed by atoms with Gasteiger partial charge >= 0.3 is 5.97 Å². The third-order valence-electron chi connectivity index (χ3n) is 2.53. The van der Waals surface area contributed by atoms with Crippen LogP contribution in [0.15, 0.2) is 24.5 Å². The number of aromatic nitrogens is 2. The van der Waals surface area contributed by atoms with Crippen LogP contribution in [0.2, 0.25) is 0 Å². The maximum atomic E-state index is 11.3. The van der Waals surface area contributed by atoms with Crippen LogP contribution < -0.4 is 5.73 Å². The standard InChI is InChI=1S/C12H13N3O2.CH2O2/c1-7-3-11(13)15-6-9(7)8-4-10(14-5-8)12(16)17-2;2-1-3/h3-6,14H,1-2H3,(H2,13,15);1H,(H,2,3). The van der Waals surface area contributed by atoms with Crippen molar-refractivity contribution in [2.45, 2.75) is 6.92 Å². The van der Waals surface area contributed by atoms with Crippen molar-refractivity contribution in [3.63, 3.8) is 0 Å². The van der Waals surface area contributed by atoms with E-state index >= 15 is 0 Å². The number of carbonyl (C=O) groups excluding carboxylic acids is 1. The largest absolute Gasteiger partial charge is 0.483 e. The van der Waals surface area contributed by atoms with Gasteiger partial charge in [0.05, 0.1) is 7.11 Å². The number of aromatic amines is 1. The van der Waals surface area contributed by atoms with Gasteiger partial charge in [0.25, 0.3) is 6.47 Å². The van der Waals surface area contributed by atoms with Gasteiger partial charge < -0.3 is 20.6 Å². The number of aryl methyl sites for hydroxylation is 1. The van der Waals surface area contributed by atoms with E-state index in [4.69, 9.17) is 15.6 Å². The SMILES string of the molecule is COC(=O)c1cc(-c2cnc(N)cc2C)c[nH]1.O=CO. The smallest absolute Gasteiger partial charge is 0.354 e. The molecule has 0 radical (unpaired) electrons. The monoisotopic (exact) mass is 277 g/mol. The Hall–Kier alpha value is -2.83. The third kappa shape index (κ3) is 3.58. The lowest BCUT2D eigenvalue weighted by Gasteiger charge is -2.03. The first-order chi connectivity index (χ1) is 9.53. The van der Waals surface area contributed by atoms with Crippen LogP contribution >= 0.6 is 0 Å². The van der Waals surface area contributed by atoms with Crippen molar-refractivity contribution in [2.24, 2.45) is 0 Å². The van der Waals surface area contributed by atoms with Gasteiger partial charge in [-0.2, -0.15) is 0 Å². The first kappa shape index (κ1) is 15.2. The predicted molar refractivity (Wildman–Crippen MR) is 73.2 cm³/mol. The number of carboxylic acid groups (broad SMARTS) is 1. The molecule has 0 spiro atoms. The summed E-state index contributed by atoms with van der Waals surface area (Å²) in [5.41, 5.74) is 8.83. The molecular weight excluding hydrogens is 262 g/mol. The number of nitrogens with two attached hydrogens (primary N) is 1. The van der Waals surface area contributed by atoms with Crippen LogP contribution in [-0.2, 0) is 9.53 Å². The summed E-state index contributed by atoms with van der Waals surface area (Å²) in [6.45, 7) is 1.69. The quantitative estimate of drug-likeness (QED) is 0.564. The summed E-state index contributed by atoms with van der Waals surface area (Å²) in [6.07, 6.45) is 3.43. The molecule has 0 amide bonds. The maximum Gasteiger partial charge on any atom is 0.354 e. The van der Waals surface area contributed by atoms with E-state index in [0.29, 0.717) is 11.5 Å². The minimum Gasteiger partial charge on any atom is -0.483 e. The molecule has 0 aliphatic rings. The minimum absolute atomic E-state index is 0.250. The number of hydrogen-bond acceptors (Lipinski definition) is 5. The number of hydrogen-bond donors (Lipinski definition) is 3. The molecular formula is C13H15N3O4. The lowest BCUT2D eigenvalue weighted by molar-refractivity contribution is -0.122. The van der Waals surface area contributed by atoms with Gasteiger partial charge in [-0.3, -0.25) is 4.79 Å². The van der Waals surface area contributed by atoms with Gasteiger partial charge in [0.2, 0.25) is 0 Å². The number of anilines is 1. The summed E-state index contributed by atoms with van der Waals surface area (Å²) in [6, 6.07) is 3.52. The number of rotatable bonds is 2. The second-order valence-electron chi connectivity index (χ2n) is 3.82. The van der Waals surface area contributed by atoms with E-state index in [1.54, 1.807) is 24.5 Å². The summed E-state index contributed by atoms with van der Waals surface area (Å²) in [7, 11) is 1.35. The van der Waals surface area contributed by atoms with Crippen molar-refractivity contribution in [1.82, 2.24) is 9.97 Å². The van der Waals surface area contributed by atoms with Crippen LogP contribution in [0.3, 0.4) is 0 Å². The fraction of sp³-hybridized carbons (Fsp3) is 0.154. The van der Waals surface area contributed by atoms with Crippen LogP contribution in [0.1, 0.15) is 16.1 Å². The Morgan fingerprint density at radius 2 is 2.15 bits per heavy atom. The van der Waals surface area contributed by atoms with E-state index in [0.717, 1.165) is 16.7 Å². The second kappa shape index (κ2) is 6.93. The Labute approximate surface area is 115 Å². The van der Waals surface area contributed by atoms with Gasteiger partial charge in [-0.1, -0.05) is 0 Å². The molecule has 7 heteroatoms. The van der Waals surface area contributed by atoms with Gasteiger partial charge in [0.15, 0.2) is 0 Å². The normalized spacial score (nSPS) is 9.30. The molecule has 0 aliphatic carbocycles. The number of H-pyrrole nitrogens is 1. The molecule has 0 aliphatic heterocycles. The molecule has 0 atom stereocenters. The van der Waals surface area contributed by atoms with Crippen LogP contribution in [0, 0.1) is 6.92 Å². The molecule has 0 aromatic carbocycles. The summed E-state index contributed by atoms with van der Waals surface area (Å²) in [5.74, 6) is 0.0901. The van der Waals surface area contributed by atoms with Crippen molar-refractivity contribution < 1.29 is 19.4 Å². The molecule has 7 nitrogen and oxygen atoms in total. The molecule has 0 bridgehead atoms. The number of esters is 1. The van der Waals surface area contributed by atoms with E-state index < -0.39 is 5.97 Å². The Morgan fingerprint density at radius 3 is 2.70 bits per heavy atom. The molecule has 2 aromatic heterocycles. The number of methoxy groups -OCH3 is 1. The number of ether oxygens (including phenoxy) is 1. The Balaban J connectivity index is 0.000000612. The van der Waals surface area contributed by atoms with Gasteiger partial charge in [0, 0.05) is 23.5 Å². The number of pyridine rings is 1. The van der Waals surface area contributed by atoms with Gasteiger partial charge in [-0.15, -0.1) is 0 Å². The highest BCUT2D eigenvalue weighted by molar-refractivity contribution is 5.89. The van der Waals surface area contributed by atoms with Gasteiger partial charge in [-0.05, 0) is 24.6 Å². The van der Waals surface area contributed by atoms with Crippen LogP contribution in [0.5, 0.6) is 0 Å². The Morgan fingerprint density at radius 1 is 1.50 bits per heavy atom. The predicted octanol–water partition coefficient (Wildman–Crippen LogP) is 1.45. The van der Waals surface area contributed by atoms with E-state index in [-0.39, 0.29) is 6.47 Å². The lowest BCUT2D eigenvalue weighted by Crippen LogP contribution is -2.00. The highest BCUT2D eigenvalue weighted by Crippen LogP contribution is 2.24. The molecule has 0 fully saturated rings. The molecule has 2 rings (SSSR count). The van der Waals surface area contributed by atoms with Crippen molar-refractivity contribution in [3.05, 3.63) is 35.8 Å². The molecule has 2 aromatic rings. The zero-order chi connectivity index (χ0) is 15.1. The average Bonchev–Trinajstić information content (AvgIpc) is 2.88. The zero-order valence-electron chi connectivity index (χ0n) is 11.1. The third-order valence-corrected chi connectivity index (χ3v) is 2.53. The van der Waals surface area contributed by atoms with Crippen molar-refractivity contribution in [2.75, 3.05) is 12.8 Å². The lowest BCUT2D eigenvalue weighted by atomic mass is 10.1. The van der Waals surface area contributed by atoms with Crippen LogP contribution in [0.25, 0.3) is 11.1 Å². The molecule has 20 heavy (non-hydrogen) atoms. The van der Waals surface area contributed by atoms with Crippen LogP contribution in [0.4, 0.5) is 5.82 Å². The molecule has 0 saturated carbocycles. The summed E-state index contributed by atoms with van der Waals surface area (Å²) < 4.78 is 4.63. The van der Waals surface area contributed by atoms with E-state index in [1.165, 1.54) is 7.11 Å². The first-order valence-corrected chi connectivity index (χ1v) is 5.60. The van der Waals surface area contributed by atoms with E-state index in [9.17, 15) is 4.79 Å². The summed E-state index contributed by atoms with van der Waals surface area (Å²) >= 11 is 0. The van der Waals surface area contributed by atoms with E-state index in [1.807, 2.05) is 6.92 Å². The highest BCUT2D eigenvalue weighted by atomic mass is 16.5. The molecule has 106 valence electrons. The number of carbonyl (C=O) groups is 2. The van der Waals surface area contributed by atoms with Crippen LogP contribution in [-0.4, -0.2) is 34.6 Å². The summed E-state index contributed by atoms with van der Waals surface area (Å²) in [4.78, 5) is 26.6. The number of nitrogen functional groups attached to an aromatic ring is 1. The molecule has 4 N–H and O–H groups in total. The van der Waals surface area contributed by atoms with E-state index in [2.05, 4.69) is 14.7 Å². The van der Waals surface area contributed by atoms with Gasteiger partial charge in [-0.25, -0.2) is 9.78 Å². The molecule has 0 saturated heterocycles. The van der Waals surface area contributed by atoms with Crippen molar-refractivity contribution in [3.8, 4) is 11.1 Å². The van der Waals surface area contributed by atoms with Crippen molar-refractivity contribution in [1.29, 1.82) is 0 Å². The number of nitrogens with zero attached hydrogens (tertiary/aromatic N) is 1. The Kier molecular flexibility index (Phi) is 5.28. The molecule has 0 unspecified atom stereocenters. The maximum absolute atomic E-state index is 11.3.